The van der Waals surface area contributed by atoms with Gasteiger partial charge in [0.1, 0.15) is 5.69 Å². The van der Waals surface area contributed by atoms with Crippen LogP contribution in [0.1, 0.15) is 36.2 Å². The van der Waals surface area contributed by atoms with Gasteiger partial charge in [-0.2, -0.15) is 0 Å². The van der Waals surface area contributed by atoms with Gasteiger partial charge in [0.2, 0.25) is 0 Å². The van der Waals surface area contributed by atoms with Crippen LogP contribution in [-0.4, -0.2) is 52.3 Å². The Labute approximate surface area is 145 Å². The summed E-state index contributed by atoms with van der Waals surface area (Å²) in [5.41, 5.74) is 0.961. The van der Waals surface area contributed by atoms with Crippen LogP contribution in [0.5, 0.6) is 0 Å². The molecule has 24 heavy (non-hydrogen) atoms. The zero-order chi connectivity index (χ0) is 16.7. The maximum atomic E-state index is 12.8. The van der Waals surface area contributed by atoms with Crippen LogP contribution in [-0.2, 0) is 4.74 Å². The minimum atomic E-state index is -0.460. The molecule has 2 saturated heterocycles. The molecule has 2 aromatic rings. The van der Waals surface area contributed by atoms with Crippen molar-refractivity contribution in [1.82, 2.24) is 9.88 Å². The van der Waals surface area contributed by atoms with E-state index in [4.69, 9.17) is 16.3 Å². The molecular weight excluding hydrogens is 328 g/mol. The second-order valence-electron chi connectivity index (χ2n) is 6.75. The third kappa shape index (κ3) is 2.61. The Morgan fingerprint density at radius 3 is 2.88 bits per heavy atom. The molecule has 0 saturated carbocycles. The number of benzene rings is 1. The molecule has 2 aliphatic heterocycles. The van der Waals surface area contributed by atoms with Gasteiger partial charge in [0.15, 0.2) is 0 Å². The average Bonchev–Trinajstić information content (AvgIpc) is 3.03. The molecule has 128 valence electrons. The summed E-state index contributed by atoms with van der Waals surface area (Å²) in [6, 6.07) is 7.41. The van der Waals surface area contributed by atoms with Crippen molar-refractivity contribution in [3.63, 3.8) is 0 Å². The van der Waals surface area contributed by atoms with Gasteiger partial charge in [0.25, 0.3) is 5.91 Å². The van der Waals surface area contributed by atoms with Gasteiger partial charge >= 0.3 is 0 Å². The van der Waals surface area contributed by atoms with Crippen LogP contribution < -0.4 is 0 Å². The van der Waals surface area contributed by atoms with Gasteiger partial charge in [-0.25, -0.2) is 0 Å². The van der Waals surface area contributed by atoms with Crippen LogP contribution in [0.15, 0.2) is 24.3 Å². The highest BCUT2D eigenvalue weighted by Gasteiger charge is 2.44. The number of piperidine rings is 1. The normalized spacial score (nSPS) is 23.8. The summed E-state index contributed by atoms with van der Waals surface area (Å²) in [4.78, 5) is 17.8. The molecular formula is C18H21ClN2O3. The van der Waals surface area contributed by atoms with Gasteiger partial charge in [-0.3, -0.25) is 4.79 Å². The lowest BCUT2D eigenvalue weighted by Crippen LogP contribution is -2.56. The number of aromatic amines is 1. The van der Waals surface area contributed by atoms with E-state index in [0.29, 0.717) is 43.3 Å². The van der Waals surface area contributed by atoms with Crippen LogP contribution in [0, 0.1) is 0 Å². The van der Waals surface area contributed by atoms with E-state index in [0.717, 1.165) is 23.7 Å². The molecule has 0 aliphatic carbocycles. The summed E-state index contributed by atoms with van der Waals surface area (Å²) in [6.07, 6.45) is 2.63. The number of ether oxygens (including phenoxy) is 1. The fourth-order valence-corrected chi connectivity index (χ4v) is 4.11. The summed E-state index contributed by atoms with van der Waals surface area (Å²) in [7, 11) is 0. The standard InChI is InChI=1S/C18H21ClN2O3/c19-13-3-1-4-14-12(13)11-15(20-14)17(23)21-8-6-18(7-9-21)16(22)5-2-10-24-18/h1,3-4,11,16,20,22H,2,5-10H2/t16-/m0/s1. The molecule has 2 N–H and O–H groups in total. The van der Waals surface area contributed by atoms with E-state index in [1.165, 1.54) is 0 Å². The predicted molar refractivity (Wildman–Crippen MR) is 92.4 cm³/mol. The number of H-pyrrole nitrogens is 1. The number of carbonyl (C=O) groups is 1. The van der Waals surface area contributed by atoms with Crippen molar-refractivity contribution in [2.75, 3.05) is 19.7 Å². The molecule has 1 aromatic carbocycles. The first-order valence-corrected chi connectivity index (χ1v) is 8.85. The van der Waals surface area contributed by atoms with Gasteiger partial charge in [0, 0.05) is 35.6 Å². The number of carbonyl (C=O) groups excluding carboxylic acids is 1. The molecule has 1 amide bonds. The zero-order valence-electron chi connectivity index (χ0n) is 13.4. The molecule has 1 spiro atoms. The maximum Gasteiger partial charge on any atom is 0.270 e. The predicted octanol–water partition coefficient (Wildman–Crippen LogP) is 2.97. The Kier molecular flexibility index (Phi) is 4.03. The van der Waals surface area contributed by atoms with Gasteiger partial charge in [-0.05, 0) is 43.9 Å². The summed E-state index contributed by atoms with van der Waals surface area (Å²) in [6.45, 7) is 1.89. The quantitative estimate of drug-likeness (QED) is 0.832. The summed E-state index contributed by atoms with van der Waals surface area (Å²) < 4.78 is 5.90. The first kappa shape index (κ1) is 15.9. The summed E-state index contributed by atoms with van der Waals surface area (Å²) in [5, 5.41) is 11.8. The first-order chi connectivity index (χ1) is 11.6. The van der Waals surface area contributed by atoms with E-state index >= 15 is 0 Å². The Hall–Kier alpha value is -1.56. The number of hydrogen-bond acceptors (Lipinski definition) is 3. The maximum absolute atomic E-state index is 12.8. The average molecular weight is 349 g/mol. The number of aliphatic hydroxyl groups excluding tert-OH is 1. The number of aromatic nitrogens is 1. The van der Waals surface area contributed by atoms with Crippen molar-refractivity contribution >= 4 is 28.4 Å². The molecule has 5 nitrogen and oxygen atoms in total. The van der Waals surface area contributed by atoms with Gasteiger partial charge < -0.3 is 19.7 Å². The second kappa shape index (κ2) is 6.06. The van der Waals surface area contributed by atoms with Crippen molar-refractivity contribution in [1.29, 1.82) is 0 Å². The van der Waals surface area contributed by atoms with E-state index in [9.17, 15) is 9.90 Å². The highest BCUT2D eigenvalue weighted by molar-refractivity contribution is 6.35. The van der Waals surface area contributed by atoms with E-state index < -0.39 is 11.7 Å². The first-order valence-electron chi connectivity index (χ1n) is 8.48. The second-order valence-corrected chi connectivity index (χ2v) is 7.15. The zero-order valence-corrected chi connectivity index (χ0v) is 14.2. The minimum Gasteiger partial charge on any atom is -0.390 e. The van der Waals surface area contributed by atoms with Crippen LogP contribution in [0.4, 0.5) is 0 Å². The number of hydrogen-bond donors (Lipinski definition) is 2. The highest BCUT2D eigenvalue weighted by Crippen LogP contribution is 2.35. The summed E-state index contributed by atoms with van der Waals surface area (Å²) in [5.74, 6) is -0.0255. The topological polar surface area (TPSA) is 65.6 Å². The molecule has 3 heterocycles. The highest BCUT2D eigenvalue weighted by atomic mass is 35.5. The fourth-order valence-electron chi connectivity index (χ4n) is 3.88. The number of nitrogens with one attached hydrogen (secondary N) is 1. The fraction of sp³-hybridized carbons (Fsp3) is 0.500. The van der Waals surface area contributed by atoms with Gasteiger partial charge in [0.05, 0.1) is 11.7 Å². The van der Waals surface area contributed by atoms with Crippen molar-refractivity contribution in [2.45, 2.75) is 37.4 Å². The van der Waals surface area contributed by atoms with Crippen molar-refractivity contribution in [2.24, 2.45) is 0 Å². The van der Waals surface area contributed by atoms with Gasteiger partial charge in [-0.15, -0.1) is 0 Å². The molecule has 0 bridgehead atoms. The largest absolute Gasteiger partial charge is 0.390 e. The number of aliphatic hydroxyl groups is 1. The number of fused-ring (bicyclic) bond motifs is 1. The smallest absolute Gasteiger partial charge is 0.270 e. The van der Waals surface area contributed by atoms with Crippen LogP contribution in [0.3, 0.4) is 0 Å². The Bertz CT molecular complexity index is 765. The van der Waals surface area contributed by atoms with E-state index in [1.54, 1.807) is 0 Å². The molecule has 0 radical (unpaired) electrons. The third-order valence-electron chi connectivity index (χ3n) is 5.36. The van der Waals surface area contributed by atoms with Crippen LogP contribution in [0.2, 0.25) is 5.02 Å². The van der Waals surface area contributed by atoms with Crippen molar-refractivity contribution in [3.8, 4) is 0 Å². The monoisotopic (exact) mass is 348 g/mol. The molecule has 0 unspecified atom stereocenters. The van der Waals surface area contributed by atoms with E-state index in [2.05, 4.69) is 4.98 Å². The number of nitrogens with zero attached hydrogens (tertiary/aromatic N) is 1. The lowest BCUT2D eigenvalue weighted by atomic mass is 9.82. The van der Waals surface area contributed by atoms with Crippen molar-refractivity contribution in [3.05, 3.63) is 35.0 Å². The Morgan fingerprint density at radius 2 is 2.17 bits per heavy atom. The van der Waals surface area contributed by atoms with E-state index in [1.807, 2.05) is 29.2 Å². The minimum absolute atomic E-state index is 0.0255. The number of amides is 1. The molecule has 2 fully saturated rings. The lowest BCUT2D eigenvalue weighted by Gasteiger charge is -2.46. The summed E-state index contributed by atoms with van der Waals surface area (Å²) >= 11 is 6.19. The molecule has 4 rings (SSSR count). The van der Waals surface area contributed by atoms with Crippen molar-refractivity contribution < 1.29 is 14.6 Å². The third-order valence-corrected chi connectivity index (χ3v) is 5.69. The van der Waals surface area contributed by atoms with E-state index in [-0.39, 0.29) is 5.91 Å². The number of rotatable bonds is 1. The molecule has 1 aromatic heterocycles. The SMILES string of the molecule is O=C(c1cc2c(Cl)cccc2[nH]1)N1CCC2(CC1)OCCC[C@@H]2O. The molecule has 1 atom stereocenters. The molecule has 6 heteroatoms. The number of likely N-dealkylation sites (tertiary alicyclic amines) is 1. The Balaban J connectivity index is 1.50. The number of halogens is 1. The van der Waals surface area contributed by atoms with Crippen LogP contribution >= 0.6 is 11.6 Å². The Morgan fingerprint density at radius 1 is 1.38 bits per heavy atom. The van der Waals surface area contributed by atoms with Crippen LogP contribution in [0.25, 0.3) is 10.9 Å². The molecule has 2 aliphatic rings. The lowest BCUT2D eigenvalue weighted by molar-refractivity contribution is -0.174. The van der Waals surface area contributed by atoms with Gasteiger partial charge in [-0.1, -0.05) is 17.7 Å².